The normalized spacial score (nSPS) is 11.1. The minimum absolute atomic E-state index is 0.0895. The number of nitrogens with one attached hydrogen (secondary N) is 1. The number of rotatable bonds is 5. The summed E-state index contributed by atoms with van der Waals surface area (Å²) in [5.41, 5.74) is 1.25. The maximum Gasteiger partial charge on any atom is 0.262 e. The first-order valence-electron chi connectivity index (χ1n) is 9.66. The molecular weight excluding hydrogens is 402 g/mol. The van der Waals surface area contributed by atoms with Crippen LogP contribution in [-0.2, 0) is 20.1 Å². The van der Waals surface area contributed by atoms with Crippen molar-refractivity contribution in [1.29, 1.82) is 0 Å². The first kappa shape index (κ1) is 20.5. The zero-order chi connectivity index (χ0) is 22.1. The Balaban J connectivity index is 1.80. The van der Waals surface area contributed by atoms with Crippen molar-refractivity contribution in [2.45, 2.75) is 20.0 Å². The van der Waals surface area contributed by atoms with Crippen molar-refractivity contribution in [1.82, 2.24) is 19.4 Å². The molecule has 2 heterocycles. The largest absolute Gasteiger partial charge is 0.348 e. The van der Waals surface area contributed by atoms with Gasteiger partial charge in [-0.05, 0) is 30.7 Å². The maximum absolute atomic E-state index is 14.6. The van der Waals surface area contributed by atoms with Crippen molar-refractivity contribution >= 4 is 16.7 Å². The van der Waals surface area contributed by atoms with Crippen molar-refractivity contribution in [3.05, 3.63) is 99.5 Å². The number of nitrogens with zero attached hydrogens (tertiary/aromatic N) is 3. The molecule has 0 atom stereocenters. The fourth-order valence-electron chi connectivity index (χ4n) is 3.67. The van der Waals surface area contributed by atoms with E-state index in [0.29, 0.717) is 17.0 Å². The van der Waals surface area contributed by atoms with E-state index < -0.39 is 23.1 Å². The van der Waals surface area contributed by atoms with Crippen LogP contribution in [0, 0.1) is 18.6 Å². The minimum atomic E-state index is -0.698. The zero-order valence-corrected chi connectivity index (χ0v) is 17.0. The first-order chi connectivity index (χ1) is 14.8. The van der Waals surface area contributed by atoms with Crippen molar-refractivity contribution in [2.75, 3.05) is 0 Å². The molecule has 0 aliphatic heterocycles. The summed E-state index contributed by atoms with van der Waals surface area (Å²) in [5.74, 6) is -1.58. The summed E-state index contributed by atoms with van der Waals surface area (Å²) < 4.78 is 31.2. The molecule has 4 aromatic rings. The summed E-state index contributed by atoms with van der Waals surface area (Å²) in [6.45, 7) is 1.83. The molecule has 1 N–H and O–H groups in total. The van der Waals surface area contributed by atoms with Gasteiger partial charge in [0.25, 0.3) is 11.5 Å². The second-order valence-corrected chi connectivity index (χ2v) is 7.36. The van der Waals surface area contributed by atoms with E-state index in [-0.39, 0.29) is 29.4 Å². The van der Waals surface area contributed by atoms with E-state index in [1.807, 2.05) is 0 Å². The van der Waals surface area contributed by atoms with Gasteiger partial charge in [-0.1, -0.05) is 24.3 Å². The number of imidazole rings is 1. The topological polar surface area (TPSA) is 68.9 Å². The molecule has 8 heteroatoms. The first-order valence-corrected chi connectivity index (χ1v) is 9.66. The highest BCUT2D eigenvalue weighted by Crippen LogP contribution is 2.22. The number of hydrogen-bond acceptors (Lipinski definition) is 3. The molecule has 0 unspecified atom stereocenters. The van der Waals surface area contributed by atoms with E-state index in [0.717, 1.165) is 0 Å². The van der Waals surface area contributed by atoms with Crippen molar-refractivity contribution in [3.63, 3.8) is 0 Å². The van der Waals surface area contributed by atoms with Gasteiger partial charge in [-0.2, -0.15) is 0 Å². The van der Waals surface area contributed by atoms with Crippen LogP contribution in [0.5, 0.6) is 0 Å². The second-order valence-electron chi connectivity index (χ2n) is 7.36. The number of aryl methyl sites for hydroxylation is 1. The smallest absolute Gasteiger partial charge is 0.262 e. The van der Waals surface area contributed by atoms with Crippen LogP contribution >= 0.6 is 0 Å². The Hall–Kier alpha value is -3.81. The summed E-state index contributed by atoms with van der Waals surface area (Å²) in [5, 5.41) is 2.83. The monoisotopic (exact) mass is 422 g/mol. The van der Waals surface area contributed by atoms with Crippen LogP contribution < -0.4 is 10.9 Å². The van der Waals surface area contributed by atoms with Crippen LogP contribution in [0.3, 0.4) is 0 Å². The molecule has 0 radical (unpaired) electrons. The highest BCUT2D eigenvalue weighted by atomic mass is 19.1. The summed E-state index contributed by atoms with van der Waals surface area (Å²) in [6, 6.07) is 10.1. The third-order valence-corrected chi connectivity index (χ3v) is 5.16. The average molecular weight is 422 g/mol. The van der Waals surface area contributed by atoms with Crippen molar-refractivity contribution in [2.24, 2.45) is 7.05 Å². The van der Waals surface area contributed by atoms with E-state index in [9.17, 15) is 18.4 Å². The number of benzene rings is 2. The fourth-order valence-corrected chi connectivity index (χ4v) is 3.67. The van der Waals surface area contributed by atoms with Gasteiger partial charge in [0, 0.05) is 30.9 Å². The lowest BCUT2D eigenvalue weighted by Gasteiger charge is -2.17. The number of hydrogen-bond donors (Lipinski definition) is 1. The standard InChI is InChI=1S/C23H20F2N4O2/c1-14-20(22(30)26-10-15-5-3-6-16(24)9-15)18-7-4-8-19(25)21(18)23(31)29(14)12-17-11-28(2)13-27-17/h3-9,11,13H,10,12H2,1-2H3,(H,26,30). The van der Waals surface area contributed by atoms with Crippen LogP contribution in [0.15, 0.2) is 59.8 Å². The molecule has 6 nitrogen and oxygen atoms in total. The van der Waals surface area contributed by atoms with Crippen LogP contribution in [0.25, 0.3) is 10.8 Å². The van der Waals surface area contributed by atoms with Crippen LogP contribution in [0.4, 0.5) is 8.78 Å². The Morgan fingerprint density at radius 2 is 1.94 bits per heavy atom. The molecule has 2 aromatic carbocycles. The molecule has 0 saturated carbocycles. The van der Waals surface area contributed by atoms with Gasteiger partial charge >= 0.3 is 0 Å². The number of amides is 1. The van der Waals surface area contributed by atoms with Gasteiger partial charge in [0.1, 0.15) is 11.6 Å². The molecule has 2 aromatic heterocycles. The number of halogens is 2. The van der Waals surface area contributed by atoms with Crippen LogP contribution in [0.1, 0.15) is 27.3 Å². The number of pyridine rings is 1. The Labute approximate surface area is 176 Å². The number of carbonyl (C=O) groups is 1. The quantitative estimate of drug-likeness (QED) is 0.537. The van der Waals surface area contributed by atoms with E-state index >= 15 is 0 Å². The number of fused-ring (bicyclic) bond motifs is 1. The Morgan fingerprint density at radius 1 is 1.16 bits per heavy atom. The molecule has 0 saturated heterocycles. The molecule has 0 aliphatic rings. The SMILES string of the molecule is Cc1c(C(=O)NCc2cccc(F)c2)c2cccc(F)c2c(=O)n1Cc1cn(C)cn1. The minimum Gasteiger partial charge on any atom is -0.348 e. The third kappa shape index (κ3) is 3.96. The zero-order valence-electron chi connectivity index (χ0n) is 17.0. The maximum atomic E-state index is 14.6. The van der Waals surface area contributed by atoms with E-state index in [4.69, 9.17) is 0 Å². The van der Waals surface area contributed by atoms with E-state index in [1.54, 1.807) is 49.3 Å². The molecule has 0 bridgehead atoms. The van der Waals surface area contributed by atoms with Gasteiger partial charge in [0.05, 0.1) is 29.5 Å². The second kappa shape index (κ2) is 8.14. The molecule has 158 valence electrons. The van der Waals surface area contributed by atoms with Crippen molar-refractivity contribution in [3.8, 4) is 0 Å². The lowest BCUT2D eigenvalue weighted by atomic mass is 10.0. The Morgan fingerprint density at radius 3 is 2.65 bits per heavy atom. The predicted octanol–water partition coefficient (Wildman–Crippen LogP) is 3.30. The summed E-state index contributed by atoms with van der Waals surface area (Å²) in [4.78, 5) is 30.4. The lowest BCUT2D eigenvalue weighted by molar-refractivity contribution is 0.0951. The van der Waals surface area contributed by atoms with Gasteiger partial charge in [0.15, 0.2) is 0 Å². The van der Waals surface area contributed by atoms with E-state index in [1.165, 1.54) is 28.8 Å². The predicted molar refractivity (Wildman–Crippen MR) is 113 cm³/mol. The fraction of sp³-hybridized carbons (Fsp3) is 0.174. The molecule has 1 amide bonds. The molecule has 31 heavy (non-hydrogen) atoms. The van der Waals surface area contributed by atoms with Crippen LogP contribution in [0.2, 0.25) is 0 Å². The lowest BCUT2D eigenvalue weighted by Crippen LogP contribution is -2.31. The van der Waals surface area contributed by atoms with Crippen LogP contribution in [-0.4, -0.2) is 20.0 Å². The summed E-state index contributed by atoms with van der Waals surface area (Å²) in [6.07, 6.45) is 3.35. The van der Waals surface area contributed by atoms with Gasteiger partial charge in [-0.3, -0.25) is 9.59 Å². The highest BCUT2D eigenvalue weighted by molar-refractivity contribution is 6.07. The highest BCUT2D eigenvalue weighted by Gasteiger charge is 2.21. The van der Waals surface area contributed by atoms with Gasteiger partial charge in [-0.25, -0.2) is 13.8 Å². The average Bonchev–Trinajstić information content (AvgIpc) is 3.14. The summed E-state index contributed by atoms with van der Waals surface area (Å²) in [7, 11) is 1.80. The molecule has 0 spiro atoms. The van der Waals surface area contributed by atoms with E-state index in [2.05, 4.69) is 10.3 Å². The Kier molecular flexibility index (Phi) is 5.37. The molecule has 0 fully saturated rings. The summed E-state index contributed by atoms with van der Waals surface area (Å²) >= 11 is 0. The number of aromatic nitrogens is 3. The number of carbonyl (C=O) groups excluding carboxylic acids is 1. The van der Waals surface area contributed by atoms with Gasteiger partial charge < -0.3 is 14.5 Å². The van der Waals surface area contributed by atoms with Gasteiger partial charge in [0.2, 0.25) is 0 Å². The van der Waals surface area contributed by atoms with Crippen molar-refractivity contribution < 1.29 is 13.6 Å². The molecular formula is C23H20F2N4O2. The third-order valence-electron chi connectivity index (χ3n) is 5.16. The molecule has 0 aliphatic carbocycles. The molecule has 4 rings (SSSR count). The Bertz CT molecular complexity index is 1360. The van der Waals surface area contributed by atoms with Gasteiger partial charge in [-0.15, -0.1) is 0 Å².